The molecule has 1 aliphatic heterocycles. The Labute approximate surface area is 241 Å². The summed E-state index contributed by atoms with van der Waals surface area (Å²) in [5, 5.41) is 17.0. The Morgan fingerprint density at radius 2 is 1.71 bits per heavy atom. The highest BCUT2D eigenvalue weighted by Gasteiger charge is 2.40. The Balaban J connectivity index is 1.70. The molecule has 1 aliphatic rings. The molecule has 2 aromatic carbocycles. The van der Waals surface area contributed by atoms with Gasteiger partial charge in [0.15, 0.2) is 0 Å². The zero-order valence-corrected chi connectivity index (χ0v) is 24.3. The summed E-state index contributed by atoms with van der Waals surface area (Å²) in [4.78, 5) is 41.6. The number of piperazine rings is 1. The van der Waals surface area contributed by atoms with Crippen LogP contribution in [0.3, 0.4) is 0 Å². The maximum atomic E-state index is 13.9. The van der Waals surface area contributed by atoms with Crippen LogP contribution in [0.25, 0.3) is 0 Å². The topological polar surface area (TPSA) is 102 Å². The van der Waals surface area contributed by atoms with Crippen LogP contribution in [0.1, 0.15) is 50.8 Å². The Morgan fingerprint density at radius 3 is 2.34 bits per heavy atom. The highest BCUT2D eigenvalue weighted by Crippen LogP contribution is 2.20. The van der Waals surface area contributed by atoms with Crippen LogP contribution >= 0.6 is 0 Å². The van der Waals surface area contributed by atoms with Crippen molar-refractivity contribution in [1.29, 1.82) is 0 Å². The molecule has 0 bridgehead atoms. The maximum absolute atomic E-state index is 13.9. The lowest BCUT2D eigenvalue weighted by Crippen LogP contribution is -2.63. The summed E-state index contributed by atoms with van der Waals surface area (Å²) in [5.74, 6) is -3.40. The van der Waals surface area contributed by atoms with E-state index in [0.29, 0.717) is 19.5 Å². The lowest BCUT2D eigenvalue weighted by atomic mass is 9.98. The second-order valence-corrected chi connectivity index (χ2v) is 11.0. The van der Waals surface area contributed by atoms with E-state index >= 15 is 0 Å². The van der Waals surface area contributed by atoms with Crippen LogP contribution in [-0.2, 0) is 33.8 Å². The average molecular weight is 573 g/mol. The smallest absolute Gasteiger partial charge is 0.312 e. The molecule has 1 saturated heterocycles. The molecule has 0 unspecified atom stereocenters. The molecule has 41 heavy (non-hydrogen) atoms. The predicted octanol–water partition coefficient (Wildman–Crippen LogP) is 2.81. The van der Waals surface area contributed by atoms with E-state index in [-0.39, 0.29) is 43.6 Å². The predicted molar refractivity (Wildman–Crippen MR) is 153 cm³/mol. The van der Waals surface area contributed by atoms with E-state index < -0.39 is 41.5 Å². The molecule has 1 heterocycles. The Morgan fingerprint density at radius 1 is 1.02 bits per heavy atom. The van der Waals surface area contributed by atoms with Gasteiger partial charge in [0.2, 0.25) is 5.91 Å². The molecular weight excluding hydrogens is 530 g/mol. The van der Waals surface area contributed by atoms with Gasteiger partial charge >= 0.3 is 11.8 Å². The number of nitrogens with zero attached hydrogens (tertiary/aromatic N) is 2. The first-order valence-corrected chi connectivity index (χ1v) is 14.3. The summed E-state index contributed by atoms with van der Waals surface area (Å²) in [6.45, 7) is 8.81. The fourth-order valence-corrected chi connectivity index (χ4v) is 5.19. The standard InChI is InChI=1S/C31H42F2N4O4/c1-5-10-37-27(20(3)4)18-36(30(40)31(37)41)19-29(39)35-26(14-23-12-24(32)15-25(33)13-23)28(38)17-34-16-22-9-7-8-21(6-2)11-22/h7-9,11-13,15,20,26-28,34,38H,5-6,10,14,16-19H2,1-4H3,(H,35,39)/t26-,27+,28+/m0/s1. The van der Waals surface area contributed by atoms with Crippen LogP contribution in [0.4, 0.5) is 8.78 Å². The van der Waals surface area contributed by atoms with Crippen molar-refractivity contribution in [1.82, 2.24) is 20.4 Å². The number of carbonyl (C=O) groups excluding carboxylic acids is 3. The van der Waals surface area contributed by atoms with Gasteiger partial charge in [0.05, 0.1) is 18.2 Å². The number of benzene rings is 2. The van der Waals surface area contributed by atoms with Crippen LogP contribution in [0.2, 0.25) is 0 Å². The first-order valence-electron chi connectivity index (χ1n) is 14.3. The van der Waals surface area contributed by atoms with Gasteiger partial charge in [-0.2, -0.15) is 0 Å². The first-order chi connectivity index (χ1) is 19.5. The second kappa shape index (κ2) is 15.0. The summed E-state index contributed by atoms with van der Waals surface area (Å²) < 4.78 is 27.8. The molecule has 3 atom stereocenters. The fraction of sp³-hybridized carbons (Fsp3) is 0.516. The van der Waals surface area contributed by atoms with Crippen molar-refractivity contribution in [2.24, 2.45) is 5.92 Å². The number of aliphatic hydroxyl groups is 1. The zero-order valence-electron chi connectivity index (χ0n) is 24.3. The molecule has 2 aromatic rings. The minimum atomic E-state index is -1.11. The number of rotatable bonds is 14. The first kappa shape index (κ1) is 32.1. The van der Waals surface area contributed by atoms with E-state index in [1.807, 2.05) is 39.0 Å². The Hall–Kier alpha value is -3.37. The highest BCUT2D eigenvalue weighted by molar-refractivity contribution is 6.35. The fourth-order valence-electron chi connectivity index (χ4n) is 5.19. The molecule has 0 spiro atoms. The Kier molecular flexibility index (Phi) is 11.8. The minimum absolute atomic E-state index is 0.0413. The monoisotopic (exact) mass is 572 g/mol. The number of amides is 3. The summed E-state index contributed by atoms with van der Waals surface area (Å²) >= 11 is 0. The van der Waals surface area contributed by atoms with E-state index in [0.717, 1.165) is 30.2 Å². The van der Waals surface area contributed by atoms with Crippen LogP contribution in [0.5, 0.6) is 0 Å². The molecule has 0 saturated carbocycles. The van der Waals surface area contributed by atoms with Crippen LogP contribution in [0.15, 0.2) is 42.5 Å². The summed E-state index contributed by atoms with van der Waals surface area (Å²) in [6.07, 6.45) is 0.456. The number of halogens is 2. The Bertz CT molecular complexity index is 1190. The van der Waals surface area contributed by atoms with Crippen molar-refractivity contribution in [3.05, 3.63) is 70.8 Å². The number of aliphatic hydroxyl groups excluding tert-OH is 1. The molecular formula is C31H42F2N4O4. The lowest BCUT2D eigenvalue weighted by Gasteiger charge is -2.42. The third-order valence-corrected chi connectivity index (χ3v) is 7.38. The van der Waals surface area contributed by atoms with E-state index in [1.54, 1.807) is 4.90 Å². The van der Waals surface area contributed by atoms with Gasteiger partial charge in [0, 0.05) is 32.2 Å². The summed E-state index contributed by atoms with van der Waals surface area (Å²) in [5.41, 5.74) is 2.49. The van der Waals surface area contributed by atoms with Crippen LogP contribution in [0, 0.1) is 17.6 Å². The van der Waals surface area contributed by atoms with Gasteiger partial charge in [0.1, 0.15) is 18.2 Å². The second-order valence-electron chi connectivity index (χ2n) is 11.0. The SMILES string of the molecule is CCCN1C(=O)C(=O)N(CC(=O)N[C@@H](Cc2cc(F)cc(F)c2)[C@H](O)CNCc2cccc(CC)c2)C[C@@H]1C(C)C. The molecule has 224 valence electrons. The molecule has 0 aliphatic carbocycles. The molecule has 1 fully saturated rings. The molecule has 0 radical (unpaired) electrons. The van der Waals surface area contributed by atoms with Gasteiger partial charge in [0.25, 0.3) is 0 Å². The van der Waals surface area contributed by atoms with Crippen LogP contribution < -0.4 is 10.6 Å². The van der Waals surface area contributed by atoms with Crippen molar-refractivity contribution in [2.45, 2.75) is 71.7 Å². The van der Waals surface area contributed by atoms with E-state index in [9.17, 15) is 28.3 Å². The highest BCUT2D eigenvalue weighted by atomic mass is 19.1. The molecule has 0 aromatic heterocycles. The zero-order chi connectivity index (χ0) is 30.1. The van der Waals surface area contributed by atoms with Gasteiger partial charge in [-0.15, -0.1) is 0 Å². The number of carbonyl (C=O) groups is 3. The van der Waals surface area contributed by atoms with Crippen LogP contribution in [-0.4, -0.2) is 77.0 Å². The van der Waals surface area contributed by atoms with E-state index in [2.05, 4.69) is 23.6 Å². The molecule has 3 rings (SSSR count). The largest absolute Gasteiger partial charge is 0.390 e. The van der Waals surface area contributed by atoms with Crippen molar-refractivity contribution in [3.8, 4) is 0 Å². The van der Waals surface area contributed by atoms with Crippen molar-refractivity contribution in [2.75, 3.05) is 26.2 Å². The van der Waals surface area contributed by atoms with Gasteiger partial charge in [-0.25, -0.2) is 8.78 Å². The van der Waals surface area contributed by atoms with Crippen molar-refractivity contribution >= 4 is 17.7 Å². The summed E-state index contributed by atoms with van der Waals surface area (Å²) in [7, 11) is 0. The van der Waals surface area contributed by atoms with Gasteiger partial charge in [-0.3, -0.25) is 14.4 Å². The quantitative estimate of drug-likeness (QED) is 0.302. The average Bonchev–Trinajstić information content (AvgIpc) is 2.91. The summed E-state index contributed by atoms with van der Waals surface area (Å²) in [6, 6.07) is 9.96. The lowest BCUT2D eigenvalue weighted by molar-refractivity contribution is -0.161. The molecule has 3 amide bonds. The van der Waals surface area contributed by atoms with Gasteiger partial charge < -0.3 is 25.5 Å². The van der Waals surface area contributed by atoms with Gasteiger partial charge in [-0.1, -0.05) is 52.0 Å². The number of nitrogens with one attached hydrogen (secondary N) is 2. The maximum Gasteiger partial charge on any atom is 0.312 e. The number of aryl methyl sites for hydroxylation is 1. The van der Waals surface area contributed by atoms with Crippen molar-refractivity contribution in [3.63, 3.8) is 0 Å². The van der Waals surface area contributed by atoms with Crippen molar-refractivity contribution < 1.29 is 28.3 Å². The normalized spacial score (nSPS) is 17.2. The molecule has 10 heteroatoms. The number of hydrogen-bond donors (Lipinski definition) is 3. The third-order valence-electron chi connectivity index (χ3n) is 7.38. The van der Waals surface area contributed by atoms with E-state index in [4.69, 9.17) is 0 Å². The third kappa shape index (κ3) is 9.06. The minimum Gasteiger partial charge on any atom is -0.390 e. The van der Waals surface area contributed by atoms with Gasteiger partial charge in [-0.05, 0) is 54.0 Å². The molecule has 3 N–H and O–H groups in total. The molecule has 8 nitrogen and oxygen atoms in total. The van der Waals surface area contributed by atoms with E-state index in [1.165, 1.54) is 10.5 Å². The number of hydrogen-bond acceptors (Lipinski definition) is 5.